The molecule has 0 aliphatic rings. The zero-order chi connectivity index (χ0) is 13.7. The van der Waals surface area contributed by atoms with Gasteiger partial charge < -0.3 is 4.74 Å². The molecular weight excluding hydrogens is 228 g/mol. The summed E-state index contributed by atoms with van der Waals surface area (Å²) in [6.07, 6.45) is 2.98. The zero-order valence-corrected chi connectivity index (χ0v) is 12.0. The van der Waals surface area contributed by atoms with Gasteiger partial charge in [0.1, 0.15) is 6.10 Å². The molecular formula is C14H24N2O2. The lowest BCUT2D eigenvalue weighted by atomic mass is 10.00. The summed E-state index contributed by atoms with van der Waals surface area (Å²) in [5.74, 6) is 0.293. The van der Waals surface area contributed by atoms with E-state index in [4.69, 9.17) is 4.74 Å². The summed E-state index contributed by atoms with van der Waals surface area (Å²) in [5.41, 5.74) is 0.822. The van der Waals surface area contributed by atoms with E-state index in [0.717, 1.165) is 12.1 Å². The Morgan fingerprint density at radius 1 is 1.44 bits per heavy atom. The molecule has 0 saturated carbocycles. The molecule has 0 fully saturated rings. The lowest BCUT2D eigenvalue weighted by molar-refractivity contribution is -0.130. The van der Waals surface area contributed by atoms with Crippen LogP contribution in [0, 0.1) is 5.92 Å². The average Bonchev–Trinajstić information content (AvgIpc) is 2.76. The molecule has 1 heterocycles. The molecule has 0 aliphatic heterocycles. The molecule has 0 amide bonds. The lowest BCUT2D eigenvalue weighted by Gasteiger charge is -2.17. The van der Waals surface area contributed by atoms with E-state index in [2.05, 4.69) is 18.9 Å². The Morgan fingerprint density at radius 3 is 2.61 bits per heavy atom. The molecule has 0 saturated heterocycles. The van der Waals surface area contributed by atoms with Gasteiger partial charge >= 0.3 is 0 Å². The van der Waals surface area contributed by atoms with Crippen LogP contribution in [0.1, 0.15) is 45.9 Å². The monoisotopic (exact) mass is 252 g/mol. The Kier molecular flexibility index (Phi) is 5.54. The van der Waals surface area contributed by atoms with Gasteiger partial charge in [-0.25, -0.2) is 0 Å². The molecule has 1 aromatic rings. The van der Waals surface area contributed by atoms with Crippen LogP contribution in [-0.2, 0) is 16.0 Å². The highest BCUT2D eigenvalue weighted by Crippen LogP contribution is 2.12. The largest absolute Gasteiger partial charge is 0.373 e. The maximum Gasteiger partial charge on any atom is 0.167 e. The van der Waals surface area contributed by atoms with Crippen LogP contribution in [0.5, 0.6) is 0 Å². The number of methoxy groups -OCH3 is 1. The third-order valence-electron chi connectivity index (χ3n) is 3.24. The van der Waals surface area contributed by atoms with Gasteiger partial charge in [0, 0.05) is 19.3 Å². The molecule has 1 rings (SSSR count). The van der Waals surface area contributed by atoms with Crippen molar-refractivity contribution in [2.45, 2.75) is 52.7 Å². The van der Waals surface area contributed by atoms with Crippen molar-refractivity contribution >= 4 is 5.78 Å². The number of ether oxygens (including phenoxy) is 1. The first-order chi connectivity index (χ1) is 8.49. The second kappa shape index (κ2) is 6.69. The van der Waals surface area contributed by atoms with Crippen molar-refractivity contribution in [3.63, 3.8) is 0 Å². The molecule has 0 radical (unpaired) electrons. The fourth-order valence-electron chi connectivity index (χ4n) is 1.96. The summed E-state index contributed by atoms with van der Waals surface area (Å²) >= 11 is 0. The summed E-state index contributed by atoms with van der Waals surface area (Å²) in [5, 5.41) is 4.44. The third kappa shape index (κ3) is 3.67. The highest BCUT2D eigenvalue weighted by molar-refractivity contribution is 5.85. The van der Waals surface area contributed by atoms with Gasteiger partial charge in [0.25, 0.3) is 0 Å². The molecule has 2 atom stereocenters. The minimum atomic E-state index is -0.334. The predicted octanol–water partition coefficient (Wildman–Crippen LogP) is 2.64. The van der Waals surface area contributed by atoms with E-state index < -0.39 is 0 Å². The van der Waals surface area contributed by atoms with Crippen LogP contribution in [0.3, 0.4) is 0 Å². The topological polar surface area (TPSA) is 44.1 Å². The number of aromatic nitrogens is 2. The van der Waals surface area contributed by atoms with Gasteiger partial charge in [-0.3, -0.25) is 9.48 Å². The number of ketones is 1. The molecule has 18 heavy (non-hydrogen) atoms. The maximum absolute atomic E-state index is 12.1. The first-order valence-electron chi connectivity index (χ1n) is 6.59. The fraction of sp³-hybridized carbons (Fsp3) is 0.714. The van der Waals surface area contributed by atoms with Gasteiger partial charge in [0.05, 0.1) is 12.1 Å². The summed E-state index contributed by atoms with van der Waals surface area (Å²) in [6.45, 7) is 8.22. The number of Topliss-reactive ketones (excluding diaryl/α,β-unsaturated/α-hetero) is 1. The van der Waals surface area contributed by atoms with E-state index in [0.29, 0.717) is 12.5 Å². The Balaban J connectivity index is 2.67. The van der Waals surface area contributed by atoms with Crippen LogP contribution in [-0.4, -0.2) is 28.8 Å². The molecule has 0 aliphatic carbocycles. The third-order valence-corrected chi connectivity index (χ3v) is 3.24. The number of nitrogens with zero attached hydrogens (tertiary/aromatic N) is 2. The van der Waals surface area contributed by atoms with Gasteiger partial charge in [-0.05, 0) is 25.3 Å². The molecule has 0 bridgehead atoms. The maximum atomic E-state index is 12.1. The Morgan fingerprint density at radius 2 is 2.11 bits per heavy atom. The van der Waals surface area contributed by atoms with E-state index in [-0.39, 0.29) is 17.8 Å². The van der Waals surface area contributed by atoms with Crippen molar-refractivity contribution < 1.29 is 9.53 Å². The molecule has 2 unspecified atom stereocenters. The van der Waals surface area contributed by atoms with Crippen molar-refractivity contribution in [2.24, 2.45) is 5.92 Å². The predicted molar refractivity (Wildman–Crippen MR) is 71.6 cm³/mol. The summed E-state index contributed by atoms with van der Waals surface area (Å²) in [4.78, 5) is 12.1. The quantitative estimate of drug-likeness (QED) is 0.749. The van der Waals surface area contributed by atoms with Crippen molar-refractivity contribution in [3.8, 4) is 0 Å². The fourth-order valence-corrected chi connectivity index (χ4v) is 1.96. The number of carbonyl (C=O) groups is 1. The van der Waals surface area contributed by atoms with Gasteiger partial charge in [-0.15, -0.1) is 0 Å². The van der Waals surface area contributed by atoms with Crippen LogP contribution in [0.25, 0.3) is 0 Å². The van der Waals surface area contributed by atoms with Crippen molar-refractivity contribution in [2.75, 3.05) is 7.11 Å². The van der Waals surface area contributed by atoms with Crippen LogP contribution in [0.2, 0.25) is 0 Å². The van der Waals surface area contributed by atoms with Crippen molar-refractivity contribution in [1.82, 2.24) is 9.78 Å². The van der Waals surface area contributed by atoms with E-state index in [9.17, 15) is 4.79 Å². The minimum Gasteiger partial charge on any atom is -0.373 e. The van der Waals surface area contributed by atoms with Crippen molar-refractivity contribution in [3.05, 3.63) is 18.0 Å². The number of hydrogen-bond donors (Lipinski definition) is 0. The van der Waals surface area contributed by atoms with E-state index in [1.54, 1.807) is 7.11 Å². The highest BCUT2D eigenvalue weighted by Gasteiger charge is 2.22. The number of hydrogen-bond acceptors (Lipinski definition) is 3. The van der Waals surface area contributed by atoms with Gasteiger partial charge in [-0.2, -0.15) is 5.10 Å². The Hall–Kier alpha value is -1.16. The standard InChI is InChI=1S/C14H24N2O2/c1-6-11(4)16-8-7-12(15-16)9-13(17)14(18-5)10(2)3/h7-8,10-11,14H,6,9H2,1-5H3. The second-order valence-corrected chi connectivity index (χ2v) is 5.09. The smallest absolute Gasteiger partial charge is 0.167 e. The van der Waals surface area contributed by atoms with E-state index in [1.807, 2.05) is 30.8 Å². The molecule has 4 nitrogen and oxygen atoms in total. The molecule has 0 N–H and O–H groups in total. The average molecular weight is 252 g/mol. The number of carbonyl (C=O) groups excluding carboxylic acids is 1. The molecule has 1 aromatic heterocycles. The van der Waals surface area contributed by atoms with Gasteiger partial charge in [-0.1, -0.05) is 20.8 Å². The molecule has 0 spiro atoms. The second-order valence-electron chi connectivity index (χ2n) is 5.09. The van der Waals surface area contributed by atoms with Gasteiger partial charge in [0.15, 0.2) is 5.78 Å². The highest BCUT2D eigenvalue weighted by atomic mass is 16.5. The van der Waals surface area contributed by atoms with Gasteiger partial charge in [0.2, 0.25) is 0 Å². The first-order valence-corrected chi connectivity index (χ1v) is 6.59. The lowest BCUT2D eigenvalue weighted by Crippen LogP contribution is -2.30. The summed E-state index contributed by atoms with van der Waals surface area (Å²) < 4.78 is 7.15. The van der Waals surface area contributed by atoms with Crippen LogP contribution in [0.15, 0.2) is 12.3 Å². The van der Waals surface area contributed by atoms with Crippen molar-refractivity contribution in [1.29, 1.82) is 0 Å². The van der Waals surface area contributed by atoms with Crippen LogP contribution < -0.4 is 0 Å². The molecule has 102 valence electrons. The summed E-state index contributed by atoms with van der Waals surface area (Å²) in [7, 11) is 1.58. The Bertz CT molecular complexity index is 385. The summed E-state index contributed by atoms with van der Waals surface area (Å²) in [6, 6.07) is 2.29. The van der Waals surface area contributed by atoms with E-state index in [1.165, 1.54) is 0 Å². The Labute approximate surface area is 109 Å². The molecule has 4 heteroatoms. The normalized spacial score (nSPS) is 14.8. The minimum absolute atomic E-state index is 0.0990. The SMILES string of the molecule is CCC(C)n1ccc(CC(=O)C(OC)C(C)C)n1. The van der Waals surface area contributed by atoms with E-state index >= 15 is 0 Å². The molecule has 0 aromatic carbocycles. The van der Waals surface area contributed by atoms with Crippen LogP contribution in [0.4, 0.5) is 0 Å². The zero-order valence-electron chi connectivity index (χ0n) is 12.0. The first kappa shape index (κ1) is 14.9. The number of rotatable bonds is 7. The van der Waals surface area contributed by atoms with Crippen LogP contribution >= 0.6 is 0 Å².